The maximum atomic E-state index is 9.01. The normalized spacial score (nSPS) is 10.3. The lowest BCUT2D eigenvalue weighted by molar-refractivity contribution is 0.280. The van der Waals surface area contributed by atoms with E-state index in [2.05, 4.69) is 23.7 Å². The summed E-state index contributed by atoms with van der Waals surface area (Å²) < 4.78 is 0. The van der Waals surface area contributed by atoms with Crippen LogP contribution in [0.15, 0.2) is 12.3 Å². The molecular weight excluding hydrogens is 176 g/mol. The molecular formula is C11H18N2O. The van der Waals surface area contributed by atoms with E-state index < -0.39 is 0 Å². The third-order valence-electron chi connectivity index (χ3n) is 2.46. The Kier molecular flexibility index (Phi) is 3.89. The van der Waals surface area contributed by atoms with Crippen molar-refractivity contribution in [2.45, 2.75) is 27.4 Å². The highest BCUT2D eigenvalue weighted by molar-refractivity contribution is 5.42. The third kappa shape index (κ3) is 2.23. The van der Waals surface area contributed by atoms with Crippen molar-refractivity contribution in [3.8, 4) is 0 Å². The lowest BCUT2D eigenvalue weighted by atomic mass is 10.1. The van der Waals surface area contributed by atoms with Crippen LogP contribution in [0.2, 0.25) is 0 Å². The number of hydrogen-bond donors (Lipinski definition) is 1. The molecule has 1 heterocycles. The van der Waals surface area contributed by atoms with Crippen molar-refractivity contribution in [1.82, 2.24) is 4.98 Å². The van der Waals surface area contributed by atoms with Crippen LogP contribution in [0.1, 0.15) is 25.0 Å². The average molecular weight is 194 g/mol. The zero-order chi connectivity index (χ0) is 10.6. The number of pyridine rings is 1. The average Bonchev–Trinajstić information content (AvgIpc) is 2.20. The maximum Gasteiger partial charge on any atom is 0.128 e. The number of rotatable bonds is 4. The molecule has 0 atom stereocenters. The molecule has 1 rings (SSSR count). The molecule has 14 heavy (non-hydrogen) atoms. The van der Waals surface area contributed by atoms with Gasteiger partial charge >= 0.3 is 0 Å². The van der Waals surface area contributed by atoms with Crippen LogP contribution in [0.3, 0.4) is 0 Å². The lowest BCUT2D eigenvalue weighted by Gasteiger charge is -2.20. The van der Waals surface area contributed by atoms with Gasteiger partial charge in [0, 0.05) is 19.3 Å². The number of aliphatic hydroxyl groups excluding tert-OH is 1. The summed E-state index contributed by atoms with van der Waals surface area (Å²) in [4.78, 5) is 6.51. The molecule has 0 spiro atoms. The van der Waals surface area contributed by atoms with Gasteiger partial charge < -0.3 is 10.0 Å². The van der Waals surface area contributed by atoms with Gasteiger partial charge in [-0.05, 0) is 38.0 Å². The molecule has 0 bridgehead atoms. The summed E-state index contributed by atoms with van der Waals surface area (Å²) in [6.07, 6.45) is 1.75. The van der Waals surface area contributed by atoms with Crippen LogP contribution >= 0.6 is 0 Å². The van der Waals surface area contributed by atoms with Crippen LogP contribution < -0.4 is 4.90 Å². The van der Waals surface area contributed by atoms with E-state index in [0.717, 1.165) is 30.0 Å². The van der Waals surface area contributed by atoms with Gasteiger partial charge in [0.2, 0.25) is 0 Å². The minimum atomic E-state index is 0.0668. The van der Waals surface area contributed by atoms with E-state index in [1.165, 1.54) is 0 Å². The van der Waals surface area contributed by atoms with Gasteiger partial charge in [-0.15, -0.1) is 0 Å². The fraction of sp³-hybridized carbons (Fsp3) is 0.545. The number of anilines is 1. The van der Waals surface area contributed by atoms with Crippen molar-refractivity contribution in [3.63, 3.8) is 0 Å². The summed E-state index contributed by atoms with van der Waals surface area (Å²) in [6.45, 7) is 8.21. The molecule has 0 unspecified atom stereocenters. The maximum absolute atomic E-state index is 9.01. The second-order valence-electron chi connectivity index (χ2n) is 3.30. The van der Waals surface area contributed by atoms with Crippen molar-refractivity contribution in [2.24, 2.45) is 0 Å². The van der Waals surface area contributed by atoms with Crippen molar-refractivity contribution in [2.75, 3.05) is 18.0 Å². The highest BCUT2D eigenvalue weighted by atomic mass is 16.3. The number of hydrogen-bond acceptors (Lipinski definition) is 3. The van der Waals surface area contributed by atoms with Crippen molar-refractivity contribution >= 4 is 5.82 Å². The quantitative estimate of drug-likeness (QED) is 0.793. The van der Waals surface area contributed by atoms with E-state index >= 15 is 0 Å². The summed E-state index contributed by atoms with van der Waals surface area (Å²) in [5.74, 6) is 0.990. The standard InChI is InChI=1S/C11H18N2O/c1-4-13(5-2)11-6-9(3)10(8-14)7-12-11/h6-7,14H,4-5,8H2,1-3H3. The molecule has 1 N–H and O–H groups in total. The Morgan fingerprint density at radius 2 is 2.00 bits per heavy atom. The van der Waals surface area contributed by atoms with E-state index in [0.29, 0.717) is 0 Å². The Balaban J connectivity index is 2.95. The molecule has 3 heteroatoms. The van der Waals surface area contributed by atoms with Gasteiger partial charge in [-0.2, -0.15) is 0 Å². The second kappa shape index (κ2) is 4.96. The van der Waals surface area contributed by atoms with Crippen molar-refractivity contribution in [1.29, 1.82) is 0 Å². The first-order valence-electron chi connectivity index (χ1n) is 5.04. The fourth-order valence-corrected chi connectivity index (χ4v) is 1.46. The van der Waals surface area contributed by atoms with E-state index in [1.54, 1.807) is 6.20 Å². The first-order valence-corrected chi connectivity index (χ1v) is 5.04. The third-order valence-corrected chi connectivity index (χ3v) is 2.46. The topological polar surface area (TPSA) is 36.4 Å². The van der Waals surface area contributed by atoms with E-state index in [1.807, 2.05) is 13.0 Å². The molecule has 1 aromatic heterocycles. The molecule has 78 valence electrons. The smallest absolute Gasteiger partial charge is 0.128 e. The van der Waals surface area contributed by atoms with Crippen LogP contribution in [0.5, 0.6) is 0 Å². The fourth-order valence-electron chi connectivity index (χ4n) is 1.46. The van der Waals surface area contributed by atoms with Gasteiger partial charge in [0.05, 0.1) is 6.61 Å². The molecule has 0 saturated carbocycles. The molecule has 0 saturated heterocycles. The molecule has 0 aliphatic carbocycles. The minimum absolute atomic E-state index is 0.0668. The zero-order valence-electron chi connectivity index (χ0n) is 9.12. The van der Waals surface area contributed by atoms with Crippen LogP contribution in [-0.4, -0.2) is 23.2 Å². The molecule has 0 fully saturated rings. The Morgan fingerprint density at radius 1 is 1.36 bits per heavy atom. The van der Waals surface area contributed by atoms with E-state index in [9.17, 15) is 0 Å². The monoisotopic (exact) mass is 194 g/mol. The highest BCUT2D eigenvalue weighted by Gasteiger charge is 2.05. The second-order valence-corrected chi connectivity index (χ2v) is 3.30. The Hall–Kier alpha value is -1.09. The Morgan fingerprint density at radius 3 is 2.43 bits per heavy atom. The predicted molar refractivity (Wildman–Crippen MR) is 58.5 cm³/mol. The first kappa shape index (κ1) is 11.0. The molecule has 0 amide bonds. The molecule has 0 aromatic carbocycles. The molecule has 0 radical (unpaired) electrons. The zero-order valence-corrected chi connectivity index (χ0v) is 9.12. The van der Waals surface area contributed by atoms with Gasteiger partial charge in [-0.1, -0.05) is 0 Å². The van der Waals surface area contributed by atoms with E-state index in [4.69, 9.17) is 5.11 Å². The Bertz CT molecular complexity index is 295. The molecule has 3 nitrogen and oxygen atoms in total. The van der Waals surface area contributed by atoms with Gasteiger partial charge in [0.25, 0.3) is 0 Å². The summed E-state index contributed by atoms with van der Waals surface area (Å²) in [5.41, 5.74) is 2.00. The molecule has 0 aliphatic heterocycles. The number of aryl methyl sites for hydroxylation is 1. The van der Waals surface area contributed by atoms with Gasteiger partial charge in [0.1, 0.15) is 5.82 Å². The number of nitrogens with zero attached hydrogens (tertiary/aromatic N) is 2. The lowest BCUT2D eigenvalue weighted by Crippen LogP contribution is -2.23. The summed E-state index contributed by atoms with van der Waals surface area (Å²) in [7, 11) is 0. The van der Waals surface area contributed by atoms with Gasteiger partial charge in [-0.3, -0.25) is 0 Å². The van der Waals surface area contributed by atoms with Crippen LogP contribution in [0.4, 0.5) is 5.82 Å². The highest BCUT2D eigenvalue weighted by Crippen LogP contribution is 2.15. The SMILES string of the molecule is CCN(CC)c1cc(C)c(CO)cn1. The number of aliphatic hydroxyl groups is 1. The largest absolute Gasteiger partial charge is 0.392 e. The van der Waals surface area contributed by atoms with Crippen LogP contribution in [-0.2, 0) is 6.61 Å². The molecule has 0 aliphatic rings. The summed E-state index contributed by atoms with van der Waals surface area (Å²) in [5, 5.41) is 9.01. The van der Waals surface area contributed by atoms with Gasteiger partial charge in [-0.25, -0.2) is 4.98 Å². The predicted octanol–water partition coefficient (Wildman–Crippen LogP) is 1.73. The summed E-state index contributed by atoms with van der Waals surface area (Å²) >= 11 is 0. The summed E-state index contributed by atoms with van der Waals surface area (Å²) in [6, 6.07) is 2.03. The van der Waals surface area contributed by atoms with E-state index in [-0.39, 0.29) is 6.61 Å². The first-order chi connectivity index (χ1) is 6.72. The van der Waals surface area contributed by atoms with Crippen LogP contribution in [0, 0.1) is 6.92 Å². The molecule has 1 aromatic rings. The number of aromatic nitrogens is 1. The minimum Gasteiger partial charge on any atom is -0.392 e. The van der Waals surface area contributed by atoms with Crippen LogP contribution in [0.25, 0.3) is 0 Å². The van der Waals surface area contributed by atoms with Crippen molar-refractivity contribution in [3.05, 3.63) is 23.4 Å². The van der Waals surface area contributed by atoms with Gasteiger partial charge in [0.15, 0.2) is 0 Å². The van der Waals surface area contributed by atoms with Crippen molar-refractivity contribution < 1.29 is 5.11 Å². The Labute approximate surface area is 85.4 Å².